The van der Waals surface area contributed by atoms with Gasteiger partial charge >= 0.3 is 0 Å². The monoisotopic (exact) mass is 342 g/mol. The van der Waals surface area contributed by atoms with Crippen LogP contribution in [-0.2, 0) is 24.4 Å². The summed E-state index contributed by atoms with van der Waals surface area (Å²) in [4.78, 5) is 15.7. The maximum Gasteiger partial charge on any atom is 0.288 e. The van der Waals surface area contributed by atoms with Gasteiger partial charge in [-0.2, -0.15) is 0 Å². The summed E-state index contributed by atoms with van der Waals surface area (Å²) in [6, 6.07) is 0. The van der Waals surface area contributed by atoms with Crippen molar-refractivity contribution in [2.45, 2.75) is 31.3 Å². The molecule has 0 unspecified atom stereocenters. The molecule has 0 aliphatic carbocycles. The highest BCUT2D eigenvalue weighted by Gasteiger charge is 2.26. The van der Waals surface area contributed by atoms with Crippen molar-refractivity contribution in [3.05, 3.63) is 22.7 Å². The van der Waals surface area contributed by atoms with Crippen LogP contribution in [-0.4, -0.2) is 37.9 Å². The smallest absolute Gasteiger partial charge is 0.288 e. The highest BCUT2D eigenvalue weighted by molar-refractivity contribution is 8.14. The van der Waals surface area contributed by atoms with Gasteiger partial charge in [-0.15, -0.1) is 0 Å². The largest absolute Gasteiger partial charge is 0.306 e. The van der Waals surface area contributed by atoms with E-state index in [4.69, 9.17) is 10.7 Å². The lowest BCUT2D eigenvalue weighted by Gasteiger charge is -2.22. The summed E-state index contributed by atoms with van der Waals surface area (Å²) < 4.78 is 46.8. The number of hydrogen-bond donors (Lipinski definition) is 0. The Kier molecular flexibility index (Phi) is 4.67. The summed E-state index contributed by atoms with van der Waals surface area (Å²) in [7, 11) is -3.10. The SMILES string of the molecule is CC(C)(C)n1ccnc(S(=O)(=O)CCS(=O)(=O)Cl)c1=O. The lowest BCUT2D eigenvalue weighted by Crippen LogP contribution is -2.37. The average molecular weight is 343 g/mol. The molecule has 0 bridgehead atoms. The number of rotatable bonds is 4. The van der Waals surface area contributed by atoms with Crippen LogP contribution in [0.5, 0.6) is 0 Å². The van der Waals surface area contributed by atoms with Crippen LogP contribution in [0.4, 0.5) is 0 Å². The lowest BCUT2D eigenvalue weighted by atomic mass is 10.1. The fraction of sp³-hybridized carbons (Fsp3) is 0.600. The predicted molar refractivity (Wildman–Crippen MR) is 75.2 cm³/mol. The molecule has 1 rings (SSSR count). The first-order chi connectivity index (χ1) is 8.84. The van der Waals surface area contributed by atoms with E-state index in [2.05, 4.69) is 4.98 Å². The second kappa shape index (κ2) is 5.45. The molecule has 0 spiro atoms. The van der Waals surface area contributed by atoms with Gasteiger partial charge in [-0.05, 0) is 20.8 Å². The summed E-state index contributed by atoms with van der Waals surface area (Å²) in [5.41, 5.74) is -1.41. The molecule has 0 radical (unpaired) electrons. The van der Waals surface area contributed by atoms with Gasteiger partial charge in [0.2, 0.25) is 23.9 Å². The zero-order valence-corrected chi connectivity index (χ0v) is 13.6. The van der Waals surface area contributed by atoms with Gasteiger partial charge in [0.05, 0.1) is 11.5 Å². The van der Waals surface area contributed by atoms with E-state index in [0.717, 1.165) is 0 Å². The van der Waals surface area contributed by atoms with Crippen LogP contribution in [0.3, 0.4) is 0 Å². The minimum atomic E-state index is -4.11. The minimum Gasteiger partial charge on any atom is -0.306 e. The summed E-state index contributed by atoms with van der Waals surface area (Å²) in [6.45, 7) is 5.19. The predicted octanol–water partition coefficient (Wildman–Crippen LogP) is 0.341. The molecule has 1 heterocycles. The molecular weight excluding hydrogens is 328 g/mol. The molecule has 0 amide bonds. The Bertz CT molecular complexity index is 760. The van der Waals surface area contributed by atoms with E-state index in [0.29, 0.717) is 0 Å². The van der Waals surface area contributed by atoms with Crippen molar-refractivity contribution in [2.75, 3.05) is 11.5 Å². The maximum absolute atomic E-state index is 12.1. The van der Waals surface area contributed by atoms with E-state index in [-0.39, 0.29) is 0 Å². The first kappa shape index (κ1) is 17.1. The third kappa shape index (κ3) is 4.29. The van der Waals surface area contributed by atoms with Crippen LogP contribution in [0, 0.1) is 0 Å². The maximum atomic E-state index is 12.1. The second-order valence-corrected chi connectivity index (χ2v) is 10.1. The zero-order chi connectivity index (χ0) is 15.8. The molecule has 0 aromatic carbocycles. The van der Waals surface area contributed by atoms with Crippen molar-refractivity contribution in [3.63, 3.8) is 0 Å². The number of sulfone groups is 1. The zero-order valence-electron chi connectivity index (χ0n) is 11.2. The molecule has 0 saturated carbocycles. The highest BCUT2D eigenvalue weighted by atomic mass is 35.7. The van der Waals surface area contributed by atoms with Crippen LogP contribution in [0.1, 0.15) is 20.8 Å². The van der Waals surface area contributed by atoms with Crippen LogP contribution in [0.15, 0.2) is 22.2 Å². The second-order valence-electron chi connectivity index (χ2n) is 5.14. The van der Waals surface area contributed by atoms with Gasteiger partial charge in [-0.25, -0.2) is 21.8 Å². The molecule has 0 N–H and O–H groups in total. The first-order valence-corrected chi connectivity index (χ1v) is 9.71. The molecule has 0 aliphatic rings. The number of hydrogen-bond acceptors (Lipinski definition) is 6. The molecule has 0 atom stereocenters. The Morgan fingerprint density at radius 2 is 1.75 bits per heavy atom. The van der Waals surface area contributed by atoms with Crippen LogP contribution >= 0.6 is 10.7 Å². The van der Waals surface area contributed by atoms with Crippen molar-refractivity contribution in [3.8, 4) is 0 Å². The summed E-state index contributed by atoms with van der Waals surface area (Å²) in [5.74, 6) is -1.56. The van der Waals surface area contributed by atoms with Gasteiger partial charge in [0, 0.05) is 28.6 Å². The average Bonchev–Trinajstić information content (AvgIpc) is 2.24. The normalized spacial score (nSPS) is 13.4. The van der Waals surface area contributed by atoms with Gasteiger partial charge in [0.1, 0.15) is 0 Å². The van der Waals surface area contributed by atoms with Gasteiger partial charge in [0.25, 0.3) is 5.56 Å². The molecule has 0 aliphatic heterocycles. The number of nitrogens with zero attached hydrogens (tertiary/aromatic N) is 2. The van der Waals surface area contributed by atoms with E-state index in [9.17, 15) is 21.6 Å². The van der Waals surface area contributed by atoms with Gasteiger partial charge in [0.15, 0.2) is 0 Å². The van der Waals surface area contributed by atoms with Crippen LogP contribution < -0.4 is 5.56 Å². The fourth-order valence-electron chi connectivity index (χ4n) is 1.44. The van der Waals surface area contributed by atoms with Crippen molar-refractivity contribution >= 4 is 29.6 Å². The van der Waals surface area contributed by atoms with E-state index in [1.54, 1.807) is 20.8 Å². The molecule has 1 aromatic heterocycles. The van der Waals surface area contributed by atoms with E-state index >= 15 is 0 Å². The molecular formula is C10H15ClN2O5S2. The van der Waals surface area contributed by atoms with Gasteiger partial charge < -0.3 is 4.57 Å². The first-order valence-electron chi connectivity index (χ1n) is 5.58. The Morgan fingerprint density at radius 3 is 2.20 bits per heavy atom. The molecule has 1 aromatic rings. The molecule has 0 fully saturated rings. The summed E-state index contributed by atoms with van der Waals surface area (Å²) in [6.07, 6.45) is 2.56. The van der Waals surface area contributed by atoms with Crippen molar-refractivity contribution in [1.82, 2.24) is 9.55 Å². The highest BCUT2D eigenvalue weighted by Crippen LogP contribution is 2.12. The fourth-order valence-corrected chi connectivity index (χ4v) is 4.46. The topological polar surface area (TPSA) is 103 Å². The summed E-state index contributed by atoms with van der Waals surface area (Å²) >= 11 is 0. The van der Waals surface area contributed by atoms with E-state index in [1.807, 2.05) is 0 Å². The van der Waals surface area contributed by atoms with Crippen LogP contribution in [0.25, 0.3) is 0 Å². The molecule has 7 nitrogen and oxygen atoms in total. The summed E-state index contributed by atoms with van der Waals surface area (Å²) in [5, 5.41) is -0.671. The van der Waals surface area contributed by atoms with E-state index < -0.39 is 46.5 Å². The Balaban J connectivity index is 3.31. The molecule has 0 saturated heterocycles. The molecule has 10 heteroatoms. The third-order valence-corrected chi connectivity index (χ3v) is 5.45. The van der Waals surface area contributed by atoms with Crippen molar-refractivity contribution in [1.29, 1.82) is 0 Å². The standard InChI is InChI=1S/C10H15ClN2O5S2/c1-10(2,3)13-5-4-12-8(9(13)14)19(15,16)6-7-20(11,17)18/h4-5H,6-7H2,1-3H3. The van der Waals surface area contributed by atoms with E-state index in [1.165, 1.54) is 17.0 Å². The quantitative estimate of drug-likeness (QED) is 0.731. The number of aromatic nitrogens is 2. The molecule has 114 valence electrons. The molecule has 20 heavy (non-hydrogen) atoms. The van der Waals surface area contributed by atoms with Crippen LogP contribution in [0.2, 0.25) is 0 Å². The minimum absolute atomic E-state index is 0.622. The van der Waals surface area contributed by atoms with Gasteiger partial charge in [-0.1, -0.05) is 0 Å². The van der Waals surface area contributed by atoms with Crippen molar-refractivity contribution in [2.24, 2.45) is 0 Å². The third-order valence-electron chi connectivity index (χ3n) is 2.42. The number of halogens is 1. The Morgan fingerprint density at radius 1 is 1.20 bits per heavy atom. The van der Waals surface area contributed by atoms with Gasteiger partial charge in [-0.3, -0.25) is 4.79 Å². The lowest BCUT2D eigenvalue weighted by molar-refractivity contribution is 0.376. The Labute approximate surface area is 121 Å². The van der Waals surface area contributed by atoms with Crippen molar-refractivity contribution < 1.29 is 16.8 Å². The Hall–Kier alpha value is -0.930.